The Labute approximate surface area is 250 Å². The minimum Gasteiger partial charge on any atom is -0.480 e. The Balaban J connectivity index is 2.17. The molecule has 2 rings (SSSR count). The molecule has 0 aromatic heterocycles. The van der Waals surface area contributed by atoms with Gasteiger partial charge in [0.05, 0.1) is 24.7 Å². The maximum absolute atomic E-state index is 11.7. The van der Waals surface area contributed by atoms with E-state index in [9.17, 15) is 25.4 Å². The molecule has 1 heterocycles. The Morgan fingerprint density at radius 3 is 1.93 bits per heavy atom. The SMILES string of the molecule is CCOC(=O)CSCCN(CCSCC(=O)OCC)c1ccc(/C=C/C2=C(C#N)C(=C(C#N)C#N)OC2(C)C)cc1. The van der Waals surface area contributed by atoms with Crippen molar-refractivity contribution in [3.63, 3.8) is 0 Å². The van der Waals surface area contributed by atoms with Crippen LogP contribution in [0.1, 0.15) is 33.3 Å². The van der Waals surface area contributed by atoms with Gasteiger partial charge in [-0.25, -0.2) is 0 Å². The van der Waals surface area contributed by atoms with E-state index in [-0.39, 0.29) is 28.8 Å². The zero-order valence-electron chi connectivity index (χ0n) is 23.8. The quantitative estimate of drug-likeness (QED) is 0.154. The molecule has 0 amide bonds. The third-order valence-electron chi connectivity index (χ3n) is 5.83. The molecule has 0 fully saturated rings. The van der Waals surface area contributed by atoms with Crippen LogP contribution in [0.25, 0.3) is 6.08 Å². The number of nitriles is 3. The summed E-state index contributed by atoms with van der Waals surface area (Å²) in [6.45, 7) is 9.27. The van der Waals surface area contributed by atoms with Gasteiger partial charge in [0.1, 0.15) is 29.4 Å². The lowest BCUT2D eigenvalue weighted by Crippen LogP contribution is -2.29. The molecular formula is C30H34N4O5S2. The van der Waals surface area contributed by atoms with Gasteiger partial charge in [0.2, 0.25) is 0 Å². The largest absolute Gasteiger partial charge is 0.480 e. The summed E-state index contributed by atoms with van der Waals surface area (Å²) in [7, 11) is 0. The number of anilines is 1. The zero-order valence-corrected chi connectivity index (χ0v) is 25.4. The minimum atomic E-state index is -0.880. The second kappa shape index (κ2) is 17.1. The van der Waals surface area contributed by atoms with E-state index >= 15 is 0 Å². The monoisotopic (exact) mass is 594 g/mol. The van der Waals surface area contributed by atoms with Gasteiger partial charge < -0.3 is 19.1 Å². The number of rotatable bonds is 15. The number of hydrogen-bond acceptors (Lipinski definition) is 11. The molecule has 0 unspecified atom stereocenters. The Morgan fingerprint density at radius 1 is 0.927 bits per heavy atom. The molecule has 0 atom stereocenters. The van der Waals surface area contributed by atoms with E-state index in [1.54, 1.807) is 45.9 Å². The summed E-state index contributed by atoms with van der Waals surface area (Å²) in [5, 5.41) is 28.2. The predicted octanol–water partition coefficient (Wildman–Crippen LogP) is 5.03. The first-order valence-electron chi connectivity index (χ1n) is 13.1. The van der Waals surface area contributed by atoms with Crippen molar-refractivity contribution >= 4 is 47.2 Å². The molecule has 0 saturated carbocycles. The van der Waals surface area contributed by atoms with E-state index in [1.165, 1.54) is 23.5 Å². The summed E-state index contributed by atoms with van der Waals surface area (Å²) in [4.78, 5) is 25.5. The zero-order chi connectivity index (χ0) is 30.3. The van der Waals surface area contributed by atoms with Gasteiger partial charge in [-0.3, -0.25) is 9.59 Å². The summed E-state index contributed by atoms with van der Waals surface area (Å²) < 4.78 is 15.8. The number of esters is 2. The fourth-order valence-corrected chi connectivity index (χ4v) is 5.38. The molecule has 1 aromatic rings. The van der Waals surface area contributed by atoms with Crippen LogP contribution in [0.2, 0.25) is 0 Å². The van der Waals surface area contributed by atoms with Crippen LogP contribution < -0.4 is 4.90 Å². The van der Waals surface area contributed by atoms with Crippen molar-refractivity contribution in [3.05, 3.63) is 58.4 Å². The van der Waals surface area contributed by atoms with Gasteiger partial charge in [0, 0.05) is 35.9 Å². The second-order valence-electron chi connectivity index (χ2n) is 9.07. The Hall–Kier alpha value is -3.85. The molecule has 216 valence electrons. The van der Waals surface area contributed by atoms with E-state index in [2.05, 4.69) is 11.0 Å². The van der Waals surface area contributed by atoms with Crippen LogP contribution in [0, 0.1) is 34.0 Å². The Morgan fingerprint density at radius 2 is 1.46 bits per heavy atom. The smallest absolute Gasteiger partial charge is 0.315 e. The van der Waals surface area contributed by atoms with Gasteiger partial charge in [-0.2, -0.15) is 15.8 Å². The Kier molecular flexibility index (Phi) is 13.9. The van der Waals surface area contributed by atoms with Crippen LogP contribution in [-0.4, -0.2) is 66.9 Å². The topological polar surface area (TPSA) is 136 Å². The lowest BCUT2D eigenvalue weighted by Gasteiger charge is -2.25. The molecule has 41 heavy (non-hydrogen) atoms. The van der Waals surface area contributed by atoms with Crippen molar-refractivity contribution in [1.82, 2.24) is 0 Å². The number of nitrogens with zero attached hydrogens (tertiary/aromatic N) is 4. The van der Waals surface area contributed by atoms with Crippen molar-refractivity contribution in [3.8, 4) is 18.2 Å². The summed E-state index contributed by atoms with van der Waals surface area (Å²) >= 11 is 3.02. The molecule has 0 radical (unpaired) electrons. The van der Waals surface area contributed by atoms with Crippen molar-refractivity contribution in [2.45, 2.75) is 33.3 Å². The summed E-state index contributed by atoms with van der Waals surface area (Å²) in [6.07, 6.45) is 3.64. The van der Waals surface area contributed by atoms with Crippen LogP contribution in [0.4, 0.5) is 5.69 Å². The lowest BCUT2D eigenvalue weighted by atomic mass is 9.94. The van der Waals surface area contributed by atoms with Gasteiger partial charge in [0.15, 0.2) is 11.3 Å². The van der Waals surface area contributed by atoms with Crippen LogP contribution in [0.15, 0.2) is 52.8 Å². The second-order valence-corrected chi connectivity index (χ2v) is 11.3. The molecule has 1 aromatic carbocycles. The number of carbonyl (C=O) groups excluding carboxylic acids is 2. The minimum absolute atomic E-state index is 0.00907. The molecule has 1 aliphatic rings. The van der Waals surface area contributed by atoms with Crippen molar-refractivity contribution in [2.24, 2.45) is 0 Å². The van der Waals surface area contributed by atoms with E-state index < -0.39 is 5.60 Å². The predicted molar refractivity (Wildman–Crippen MR) is 162 cm³/mol. The first-order valence-corrected chi connectivity index (χ1v) is 15.4. The number of ether oxygens (including phenoxy) is 3. The molecule has 0 bridgehead atoms. The highest BCUT2D eigenvalue weighted by Crippen LogP contribution is 2.40. The normalized spacial score (nSPS) is 13.6. The molecule has 1 aliphatic heterocycles. The van der Waals surface area contributed by atoms with E-state index in [0.717, 1.165) is 22.8 Å². The number of allylic oxidation sites excluding steroid dienone is 2. The van der Waals surface area contributed by atoms with Crippen LogP contribution >= 0.6 is 23.5 Å². The first-order chi connectivity index (χ1) is 19.7. The molecule has 0 spiro atoms. The van der Waals surface area contributed by atoms with Crippen LogP contribution in [0.5, 0.6) is 0 Å². The van der Waals surface area contributed by atoms with Crippen molar-refractivity contribution < 1.29 is 23.8 Å². The average Bonchev–Trinajstić information content (AvgIpc) is 3.21. The third kappa shape index (κ3) is 10.2. The van der Waals surface area contributed by atoms with E-state index in [1.807, 2.05) is 30.3 Å². The molecule has 9 nitrogen and oxygen atoms in total. The summed E-state index contributed by atoms with van der Waals surface area (Å²) in [5.41, 5.74) is 1.53. The molecule has 11 heteroatoms. The van der Waals surface area contributed by atoms with Gasteiger partial charge in [-0.1, -0.05) is 24.3 Å². The molecule has 0 N–H and O–H groups in total. The van der Waals surface area contributed by atoms with E-state index in [0.29, 0.717) is 43.4 Å². The Bertz CT molecular complexity index is 1260. The summed E-state index contributed by atoms with van der Waals surface area (Å²) in [6, 6.07) is 13.6. The van der Waals surface area contributed by atoms with Gasteiger partial charge >= 0.3 is 11.9 Å². The fourth-order valence-electron chi connectivity index (χ4n) is 3.89. The summed E-state index contributed by atoms with van der Waals surface area (Å²) in [5.74, 6) is 1.60. The number of hydrogen-bond donors (Lipinski definition) is 0. The maximum atomic E-state index is 11.7. The standard InChI is InChI=1S/C30H34N4O5S2/c1-5-37-27(35)20-40-15-13-34(14-16-41-21-28(36)38-6-2)24-10-7-22(8-11-24)9-12-26-25(19-33)29(23(17-31)18-32)39-30(26,3)4/h7-12H,5-6,13-16,20-21H2,1-4H3/b12-9+. The highest BCUT2D eigenvalue weighted by molar-refractivity contribution is 8.00. The third-order valence-corrected chi connectivity index (χ3v) is 7.65. The first kappa shape index (κ1) is 33.4. The van der Waals surface area contributed by atoms with Crippen molar-refractivity contribution in [1.29, 1.82) is 15.8 Å². The van der Waals surface area contributed by atoms with Crippen LogP contribution in [0.3, 0.4) is 0 Å². The number of benzene rings is 1. The number of thioether (sulfide) groups is 2. The van der Waals surface area contributed by atoms with Crippen molar-refractivity contribution in [2.75, 3.05) is 54.2 Å². The van der Waals surface area contributed by atoms with Gasteiger partial charge in [-0.05, 0) is 45.4 Å². The van der Waals surface area contributed by atoms with Gasteiger partial charge in [-0.15, -0.1) is 23.5 Å². The van der Waals surface area contributed by atoms with Gasteiger partial charge in [0.25, 0.3) is 0 Å². The highest BCUT2D eigenvalue weighted by atomic mass is 32.2. The highest BCUT2D eigenvalue weighted by Gasteiger charge is 2.38. The molecule has 0 saturated heterocycles. The average molecular weight is 595 g/mol. The molecular weight excluding hydrogens is 560 g/mol. The maximum Gasteiger partial charge on any atom is 0.315 e. The van der Waals surface area contributed by atoms with Crippen LogP contribution in [-0.2, 0) is 23.8 Å². The number of carbonyl (C=O) groups is 2. The fraction of sp³-hybridized carbons (Fsp3) is 0.433. The van der Waals surface area contributed by atoms with E-state index in [4.69, 9.17) is 14.2 Å². The lowest BCUT2D eigenvalue weighted by molar-refractivity contribution is -0.140. The molecule has 0 aliphatic carbocycles.